The summed E-state index contributed by atoms with van der Waals surface area (Å²) < 4.78 is 0. The van der Waals surface area contributed by atoms with Crippen molar-refractivity contribution in [1.29, 1.82) is 0 Å². The van der Waals surface area contributed by atoms with Gasteiger partial charge in [0.15, 0.2) is 0 Å². The van der Waals surface area contributed by atoms with E-state index in [4.69, 9.17) is 5.84 Å². The number of hydrogen-bond acceptors (Lipinski definition) is 2. The number of nitrogens with one attached hydrogen (secondary N) is 1. The minimum absolute atomic E-state index is 0.488. The van der Waals surface area contributed by atoms with Crippen LogP contribution in [0, 0.1) is 5.92 Å². The Bertz CT molecular complexity index is 183. The molecule has 3 N–H and O–H groups in total. The van der Waals surface area contributed by atoms with Gasteiger partial charge in [-0.1, -0.05) is 31.3 Å². The Morgan fingerprint density at radius 3 is 2.60 bits per heavy atom. The Kier molecular flexibility index (Phi) is 5.96. The van der Waals surface area contributed by atoms with Gasteiger partial charge in [-0.05, 0) is 38.5 Å². The van der Waals surface area contributed by atoms with Crippen LogP contribution in [-0.2, 0) is 0 Å². The maximum Gasteiger partial charge on any atom is 0.0213 e. The molecule has 0 spiro atoms. The van der Waals surface area contributed by atoms with Crippen LogP contribution in [0.1, 0.15) is 58.3 Å². The monoisotopic (exact) mass is 210 g/mol. The number of rotatable bonds is 7. The van der Waals surface area contributed by atoms with Crippen LogP contribution in [0.25, 0.3) is 0 Å². The van der Waals surface area contributed by atoms with Gasteiger partial charge in [-0.25, -0.2) is 0 Å². The van der Waals surface area contributed by atoms with E-state index >= 15 is 0 Å². The average molecular weight is 210 g/mol. The second-order valence-corrected chi connectivity index (χ2v) is 5.09. The summed E-state index contributed by atoms with van der Waals surface area (Å²) in [7, 11) is 0. The van der Waals surface area contributed by atoms with Crippen molar-refractivity contribution in [3.8, 4) is 0 Å². The Hall–Kier alpha value is -0.340. The molecule has 0 aromatic carbocycles. The molecular weight excluding hydrogens is 184 g/mol. The molecule has 2 heteroatoms. The second-order valence-electron chi connectivity index (χ2n) is 5.09. The molecule has 0 bridgehead atoms. The first-order valence-corrected chi connectivity index (χ1v) is 6.33. The Morgan fingerprint density at radius 1 is 1.40 bits per heavy atom. The summed E-state index contributed by atoms with van der Waals surface area (Å²) in [5.74, 6) is 6.54. The fraction of sp³-hybridized carbons (Fsp3) is 0.846. The van der Waals surface area contributed by atoms with E-state index in [1.54, 1.807) is 0 Å². The lowest BCUT2D eigenvalue weighted by molar-refractivity contribution is 0.394. The molecule has 1 atom stereocenters. The molecule has 0 aromatic rings. The van der Waals surface area contributed by atoms with Gasteiger partial charge in [0.05, 0.1) is 0 Å². The molecule has 15 heavy (non-hydrogen) atoms. The molecule has 0 saturated heterocycles. The molecule has 1 unspecified atom stereocenters. The zero-order valence-electron chi connectivity index (χ0n) is 10.1. The molecule has 1 aliphatic carbocycles. The van der Waals surface area contributed by atoms with Crippen molar-refractivity contribution in [1.82, 2.24) is 5.43 Å². The maximum atomic E-state index is 5.56. The summed E-state index contributed by atoms with van der Waals surface area (Å²) in [6.45, 7) is 6.02. The minimum atomic E-state index is 0.488. The lowest BCUT2D eigenvalue weighted by atomic mass is 9.96. The predicted octanol–water partition coefficient (Wildman–Crippen LogP) is 3.15. The molecule has 0 radical (unpaired) electrons. The highest BCUT2D eigenvalue weighted by molar-refractivity contribution is 4.89. The van der Waals surface area contributed by atoms with Gasteiger partial charge < -0.3 is 0 Å². The zero-order chi connectivity index (χ0) is 11.1. The van der Waals surface area contributed by atoms with Crippen molar-refractivity contribution < 1.29 is 0 Å². The van der Waals surface area contributed by atoms with Gasteiger partial charge in [-0.15, -0.1) is 6.58 Å². The zero-order valence-corrected chi connectivity index (χ0v) is 10.1. The summed E-state index contributed by atoms with van der Waals surface area (Å²) in [5, 5.41) is 0. The van der Waals surface area contributed by atoms with Gasteiger partial charge in [-0.2, -0.15) is 0 Å². The molecule has 1 aliphatic rings. The molecule has 1 saturated carbocycles. The summed E-state index contributed by atoms with van der Waals surface area (Å²) in [6.07, 6.45) is 10.6. The van der Waals surface area contributed by atoms with Crippen LogP contribution in [0.4, 0.5) is 0 Å². The third kappa shape index (κ3) is 5.33. The van der Waals surface area contributed by atoms with Crippen LogP contribution in [0.2, 0.25) is 0 Å². The highest BCUT2D eigenvalue weighted by Crippen LogP contribution is 2.29. The molecular formula is C13H26N2. The fourth-order valence-corrected chi connectivity index (χ4v) is 2.47. The van der Waals surface area contributed by atoms with E-state index < -0.39 is 0 Å². The van der Waals surface area contributed by atoms with E-state index in [0.717, 1.165) is 18.8 Å². The van der Waals surface area contributed by atoms with Crippen molar-refractivity contribution in [2.24, 2.45) is 11.8 Å². The van der Waals surface area contributed by atoms with Crippen molar-refractivity contribution in [2.45, 2.75) is 64.3 Å². The van der Waals surface area contributed by atoms with E-state index in [-0.39, 0.29) is 0 Å². The largest absolute Gasteiger partial charge is 0.271 e. The molecule has 2 nitrogen and oxygen atoms in total. The Morgan fingerprint density at radius 2 is 2.07 bits per heavy atom. The molecule has 1 fully saturated rings. The minimum Gasteiger partial charge on any atom is -0.271 e. The van der Waals surface area contributed by atoms with Crippen LogP contribution < -0.4 is 11.3 Å². The first-order valence-electron chi connectivity index (χ1n) is 6.33. The standard InChI is InChI=1S/C13H26N2/c1-11(2)7-9-13(15-14)10-8-12-5-3-4-6-12/h12-13,15H,1,3-10,14H2,2H3. The summed E-state index contributed by atoms with van der Waals surface area (Å²) in [6, 6.07) is 0.488. The third-order valence-electron chi connectivity index (χ3n) is 3.55. The summed E-state index contributed by atoms with van der Waals surface area (Å²) in [5.41, 5.74) is 4.20. The van der Waals surface area contributed by atoms with E-state index in [1.807, 2.05) is 0 Å². The first-order chi connectivity index (χ1) is 7.22. The van der Waals surface area contributed by atoms with Gasteiger partial charge in [0.25, 0.3) is 0 Å². The molecule has 0 amide bonds. The number of allylic oxidation sites excluding steroid dienone is 1. The third-order valence-corrected chi connectivity index (χ3v) is 3.55. The average Bonchev–Trinajstić information content (AvgIpc) is 2.70. The Balaban J connectivity index is 2.12. The van der Waals surface area contributed by atoms with Gasteiger partial charge >= 0.3 is 0 Å². The number of hydrazine groups is 1. The smallest absolute Gasteiger partial charge is 0.0213 e. The second kappa shape index (κ2) is 7.02. The van der Waals surface area contributed by atoms with E-state index in [2.05, 4.69) is 18.9 Å². The van der Waals surface area contributed by atoms with Crippen LogP contribution in [-0.4, -0.2) is 6.04 Å². The highest BCUT2D eigenvalue weighted by Gasteiger charge is 2.16. The van der Waals surface area contributed by atoms with Crippen LogP contribution in [0.3, 0.4) is 0 Å². The van der Waals surface area contributed by atoms with Gasteiger partial charge in [0, 0.05) is 6.04 Å². The van der Waals surface area contributed by atoms with Crippen LogP contribution in [0.5, 0.6) is 0 Å². The summed E-state index contributed by atoms with van der Waals surface area (Å²) >= 11 is 0. The normalized spacial score (nSPS) is 19.3. The molecule has 0 aromatic heterocycles. The lowest BCUT2D eigenvalue weighted by Crippen LogP contribution is -2.35. The quantitative estimate of drug-likeness (QED) is 0.385. The van der Waals surface area contributed by atoms with Crippen molar-refractivity contribution in [3.63, 3.8) is 0 Å². The fourth-order valence-electron chi connectivity index (χ4n) is 2.47. The van der Waals surface area contributed by atoms with Crippen LogP contribution >= 0.6 is 0 Å². The molecule has 1 rings (SSSR count). The molecule has 88 valence electrons. The van der Waals surface area contributed by atoms with E-state index in [9.17, 15) is 0 Å². The van der Waals surface area contributed by atoms with E-state index in [0.29, 0.717) is 6.04 Å². The highest BCUT2D eigenvalue weighted by atomic mass is 15.2. The topological polar surface area (TPSA) is 38.0 Å². The first kappa shape index (κ1) is 12.7. The van der Waals surface area contributed by atoms with E-state index in [1.165, 1.54) is 44.1 Å². The number of nitrogens with two attached hydrogens (primary N) is 1. The van der Waals surface area contributed by atoms with Gasteiger partial charge in [-0.3, -0.25) is 11.3 Å². The lowest BCUT2D eigenvalue weighted by Gasteiger charge is -2.17. The Labute approximate surface area is 94.3 Å². The predicted molar refractivity (Wildman–Crippen MR) is 66.4 cm³/mol. The maximum absolute atomic E-state index is 5.56. The van der Waals surface area contributed by atoms with Crippen molar-refractivity contribution >= 4 is 0 Å². The van der Waals surface area contributed by atoms with Crippen LogP contribution in [0.15, 0.2) is 12.2 Å². The van der Waals surface area contributed by atoms with Crippen molar-refractivity contribution in [2.75, 3.05) is 0 Å². The summed E-state index contributed by atoms with van der Waals surface area (Å²) in [4.78, 5) is 0. The van der Waals surface area contributed by atoms with Crippen molar-refractivity contribution in [3.05, 3.63) is 12.2 Å². The molecule has 0 heterocycles. The SMILES string of the molecule is C=C(C)CCC(CCC1CCCC1)NN. The van der Waals surface area contributed by atoms with Gasteiger partial charge in [0.2, 0.25) is 0 Å². The van der Waals surface area contributed by atoms with Gasteiger partial charge in [0.1, 0.15) is 0 Å². The molecule has 0 aliphatic heterocycles. The number of hydrogen-bond donors (Lipinski definition) is 2.